The number of nitrogens with zero attached hydrogens (tertiary/aromatic N) is 1. The fraction of sp³-hybridized carbons (Fsp3) is 0.579. The number of rotatable bonds is 0. The number of aromatic amines is 1. The molecule has 4 heteroatoms. The van der Waals surface area contributed by atoms with Crippen molar-refractivity contribution >= 4 is 10.9 Å². The molecule has 4 nitrogen and oxygen atoms in total. The molecule has 23 heavy (non-hydrogen) atoms. The molecular formula is C19H22N2O2. The predicted molar refractivity (Wildman–Crippen MR) is 86.9 cm³/mol. The first-order valence-corrected chi connectivity index (χ1v) is 8.85. The Morgan fingerprint density at radius 2 is 2.17 bits per heavy atom. The standard InChI is InChI=1S/C19H22N2O2/c1-19(22)14-8-21-16-7-12-10-4-2-3-5-15(10)20-18(12)17(21)6-11(14)13(16)9-23-19/h2-5,11,13-14,16-17,20,22H,6-9H2,1H3/t11-,13-,14-,16+,17+,19-/m1/s1. The first-order chi connectivity index (χ1) is 11.1. The van der Waals surface area contributed by atoms with E-state index in [9.17, 15) is 5.11 Å². The minimum Gasteiger partial charge on any atom is -0.365 e. The van der Waals surface area contributed by atoms with Gasteiger partial charge in [0.25, 0.3) is 0 Å². The van der Waals surface area contributed by atoms with Gasteiger partial charge in [0.05, 0.1) is 12.6 Å². The van der Waals surface area contributed by atoms with Crippen LogP contribution in [0, 0.1) is 17.8 Å². The zero-order chi connectivity index (χ0) is 15.3. The topological polar surface area (TPSA) is 48.5 Å². The van der Waals surface area contributed by atoms with E-state index in [0.29, 0.717) is 30.5 Å². The van der Waals surface area contributed by atoms with Crippen molar-refractivity contribution in [2.75, 3.05) is 13.2 Å². The highest BCUT2D eigenvalue weighted by atomic mass is 16.6. The van der Waals surface area contributed by atoms with Crippen LogP contribution >= 0.6 is 0 Å². The highest BCUT2D eigenvalue weighted by Gasteiger charge is 2.61. The molecule has 0 spiro atoms. The van der Waals surface area contributed by atoms with E-state index in [1.165, 1.54) is 22.2 Å². The summed E-state index contributed by atoms with van der Waals surface area (Å²) in [7, 11) is 0. The molecule has 2 N–H and O–H groups in total. The van der Waals surface area contributed by atoms with Gasteiger partial charge in [-0.15, -0.1) is 0 Å². The van der Waals surface area contributed by atoms with E-state index in [1.54, 1.807) is 0 Å². The Bertz CT molecular complexity index is 811. The number of aliphatic hydroxyl groups is 1. The van der Waals surface area contributed by atoms with Crippen LogP contribution in [0.1, 0.15) is 30.6 Å². The minimum absolute atomic E-state index is 0.264. The second-order valence-electron chi connectivity index (χ2n) is 8.08. The summed E-state index contributed by atoms with van der Waals surface area (Å²) >= 11 is 0. The Kier molecular flexibility index (Phi) is 2.26. The molecule has 4 saturated heterocycles. The summed E-state index contributed by atoms with van der Waals surface area (Å²) in [4.78, 5) is 6.38. The second-order valence-corrected chi connectivity index (χ2v) is 8.08. The van der Waals surface area contributed by atoms with Crippen molar-refractivity contribution in [3.05, 3.63) is 35.5 Å². The third-order valence-corrected chi connectivity index (χ3v) is 7.14. The Morgan fingerprint density at radius 3 is 3.09 bits per heavy atom. The van der Waals surface area contributed by atoms with Gasteiger partial charge in [-0.25, -0.2) is 0 Å². The van der Waals surface area contributed by atoms with Gasteiger partial charge in [-0.3, -0.25) is 4.90 Å². The van der Waals surface area contributed by atoms with Gasteiger partial charge in [-0.2, -0.15) is 0 Å². The Hall–Kier alpha value is -1.36. The van der Waals surface area contributed by atoms with E-state index in [0.717, 1.165) is 19.4 Å². The lowest BCUT2D eigenvalue weighted by molar-refractivity contribution is -0.318. The number of para-hydroxylation sites is 1. The van der Waals surface area contributed by atoms with Gasteiger partial charge in [0.2, 0.25) is 0 Å². The number of hydrogen-bond donors (Lipinski definition) is 2. The number of hydrogen-bond acceptors (Lipinski definition) is 3. The molecule has 6 bridgehead atoms. The van der Waals surface area contributed by atoms with Crippen molar-refractivity contribution in [1.29, 1.82) is 0 Å². The lowest BCUT2D eigenvalue weighted by Crippen LogP contribution is -2.70. The Morgan fingerprint density at radius 1 is 1.30 bits per heavy atom. The molecule has 1 aromatic carbocycles. The van der Waals surface area contributed by atoms with E-state index < -0.39 is 5.79 Å². The SMILES string of the molecule is C[C@@]1(O)OC[C@@H]2[C@H]3C[C@H]4c5[nH]c6ccccc6c5C[C@@H]2N4C[C@H]31. The highest BCUT2D eigenvalue weighted by Crippen LogP contribution is 2.58. The van der Waals surface area contributed by atoms with E-state index >= 15 is 0 Å². The van der Waals surface area contributed by atoms with Gasteiger partial charge in [0.1, 0.15) is 0 Å². The van der Waals surface area contributed by atoms with Crippen LogP contribution in [-0.2, 0) is 11.2 Å². The summed E-state index contributed by atoms with van der Waals surface area (Å²) in [6.07, 6.45) is 2.28. The normalized spacial score (nSPS) is 46.9. The molecule has 6 heterocycles. The number of ether oxygens (including phenoxy) is 1. The molecule has 0 aliphatic carbocycles. The Labute approximate surface area is 135 Å². The zero-order valence-electron chi connectivity index (χ0n) is 13.3. The first-order valence-electron chi connectivity index (χ1n) is 8.85. The maximum atomic E-state index is 10.6. The Balaban J connectivity index is 1.51. The molecule has 5 aliphatic heterocycles. The second kappa shape index (κ2) is 4.00. The van der Waals surface area contributed by atoms with Gasteiger partial charge in [-0.05, 0) is 37.3 Å². The molecule has 1 unspecified atom stereocenters. The van der Waals surface area contributed by atoms with Crippen molar-refractivity contribution in [1.82, 2.24) is 9.88 Å². The van der Waals surface area contributed by atoms with E-state index in [1.807, 2.05) is 6.92 Å². The zero-order valence-corrected chi connectivity index (χ0v) is 13.3. The molecule has 1 aromatic heterocycles. The third-order valence-electron chi connectivity index (χ3n) is 7.14. The molecule has 4 fully saturated rings. The van der Waals surface area contributed by atoms with Crippen molar-refractivity contribution in [2.24, 2.45) is 17.8 Å². The quantitative estimate of drug-likeness (QED) is 0.786. The first kappa shape index (κ1) is 13.0. The van der Waals surface area contributed by atoms with Gasteiger partial charge in [0, 0.05) is 41.0 Å². The van der Waals surface area contributed by atoms with Crippen molar-refractivity contribution < 1.29 is 9.84 Å². The molecule has 5 aliphatic rings. The molecule has 120 valence electrons. The van der Waals surface area contributed by atoms with Crippen LogP contribution in [0.15, 0.2) is 24.3 Å². The van der Waals surface area contributed by atoms with E-state index in [4.69, 9.17) is 4.74 Å². The molecule has 0 amide bonds. The monoisotopic (exact) mass is 310 g/mol. The number of nitrogens with one attached hydrogen (secondary N) is 1. The smallest absolute Gasteiger partial charge is 0.166 e. The van der Waals surface area contributed by atoms with Gasteiger partial charge < -0.3 is 14.8 Å². The summed E-state index contributed by atoms with van der Waals surface area (Å²) in [5.74, 6) is 0.489. The van der Waals surface area contributed by atoms with Crippen LogP contribution in [0.4, 0.5) is 0 Å². The molecular weight excluding hydrogens is 288 g/mol. The molecule has 0 saturated carbocycles. The number of benzene rings is 1. The molecule has 2 aromatic rings. The van der Waals surface area contributed by atoms with Gasteiger partial charge in [0.15, 0.2) is 5.79 Å². The third kappa shape index (κ3) is 1.48. The summed E-state index contributed by atoms with van der Waals surface area (Å²) in [5, 5.41) is 12.0. The molecule has 7 rings (SSSR count). The summed E-state index contributed by atoms with van der Waals surface area (Å²) in [6.45, 7) is 3.54. The van der Waals surface area contributed by atoms with E-state index in [-0.39, 0.29) is 5.92 Å². The van der Waals surface area contributed by atoms with Gasteiger partial charge in [-0.1, -0.05) is 18.2 Å². The van der Waals surface area contributed by atoms with Crippen LogP contribution in [0.5, 0.6) is 0 Å². The van der Waals surface area contributed by atoms with Crippen molar-refractivity contribution in [3.8, 4) is 0 Å². The van der Waals surface area contributed by atoms with Gasteiger partial charge >= 0.3 is 0 Å². The van der Waals surface area contributed by atoms with Crippen LogP contribution in [-0.4, -0.2) is 40.0 Å². The fourth-order valence-corrected chi connectivity index (χ4v) is 6.08. The summed E-state index contributed by atoms with van der Waals surface area (Å²) in [5.41, 5.74) is 4.24. The van der Waals surface area contributed by atoms with Crippen LogP contribution < -0.4 is 0 Å². The molecule has 0 radical (unpaired) electrons. The summed E-state index contributed by atoms with van der Waals surface area (Å²) in [6, 6.07) is 9.78. The average molecular weight is 310 g/mol. The summed E-state index contributed by atoms with van der Waals surface area (Å²) < 4.78 is 5.85. The van der Waals surface area contributed by atoms with Crippen molar-refractivity contribution in [3.63, 3.8) is 0 Å². The highest BCUT2D eigenvalue weighted by molar-refractivity contribution is 5.85. The number of H-pyrrole nitrogens is 1. The van der Waals surface area contributed by atoms with E-state index in [2.05, 4.69) is 34.1 Å². The van der Waals surface area contributed by atoms with Crippen molar-refractivity contribution in [2.45, 2.75) is 37.6 Å². The fourth-order valence-electron chi connectivity index (χ4n) is 6.08. The predicted octanol–water partition coefficient (Wildman–Crippen LogP) is 2.44. The van der Waals surface area contributed by atoms with Crippen LogP contribution in [0.3, 0.4) is 0 Å². The maximum Gasteiger partial charge on any atom is 0.166 e. The lowest BCUT2D eigenvalue weighted by Gasteiger charge is -2.64. The van der Waals surface area contributed by atoms with Crippen LogP contribution in [0.25, 0.3) is 10.9 Å². The lowest BCUT2D eigenvalue weighted by atomic mass is 9.59. The minimum atomic E-state index is -0.947. The number of piperidine rings is 3. The maximum absolute atomic E-state index is 10.6. The average Bonchev–Trinajstić information content (AvgIpc) is 2.92. The largest absolute Gasteiger partial charge is 0.365 e. The number of aromatic nitrogens is 1. The van der Waals surface area contributed by atoms with Crippen LogP contribution in [0.2, 0.25) is 0 Å². The number of fused-ring (bicyclic) bond motifs is 3. The molecule has 7 atom stereocenters.